The maximum Gasteiger partial charge on any atom is 0.365 e. The molecule has 1 atom stereocenters. The van der Waals surface area contributed by atoms with Crippen molar-refractivity contribution in [2.45, 2.75) is 25.3 Å². The molecule has 0 saturated heterocycles. The van der Waals surface area contributed by atoms with Gasteiger partial charge in [0, 0.05) is 17.7 Å². The molecule has 2 aliphatic heterocycles. The molecule has 192 valence electrons. The molecule has 0 fully saturated rings. The monoisotopic (exact) mass is 527 g/mol. The Morgan fingerprint density at radius 1 is 0.974 bits per heavy atom. The molecular weight excluding hydrogens is 502 g/mol. The van der Waals surface area contributed by atoms with Gasteiger partial charge in [0.1, 0.15) is 0 Å². The van der Waals surface area contributed by atoms with Crippen molar-refractivity contribution in [2.75, 3.05) is 16.6 Å². The minimum absolute atomic E-state index is 0.0892. The Morgan fingerprint density at radius 3 is 2.37 bits per heavy atom. The molecule has 0 aromatic heterocycles. The second-order valence-electron chi connectivity index (χ2n) is 8.49. The number of hydrogen-bond donors (Lipinski definition) is 0. The van der Waals surface area contributed by atoms with Gasteiger partial charge in [-0.1, -0.05) is 55.5 Å². The summed E-state index contributed by atoms with van der Waals surface area (Å²) in [7, 11) is 0. The summed E-state index contributed by atoms with van der Waals surface area (Å²) < 4.78 is 5.26. The van der Waals surface area contributed by atoms with E-state index < -0.39 is 15.9 Å². The number of hydrogen-bond acceptors (Lipinski definition) is 9. The Kier molecular flexibility index (Phi) is 6.97. The van der Waals surface area contributed by atoms with Gasteiger partial charge in [0.25, 0.3) is 5.69 Å². The standard InChI is InChI=1S/C28H25N5O4S/c1-3-20-13-15-21(16-14-20)25-17-18-28(31(29-25)22-9-6-5-7-10-22)32(30-26(38-28)27(34)37-4-2)23-11-8-12-24(19-23)33(35)36/h5-19H,3-4H2,1-2H3/t28-/m1/s1. The molecule has 0 N–H and O–H groups in total. The van der Waals surface area contributed by atoms with Crippen molar-refractivity contribution in [3.63, 3.8) is 0 Å². The fourth-order valence-electron chi connectivity index (χ4n) is 4.21. The summed E-state index contributed by atoms with van der Waals surface area (Å²) in [5.41, 5.74) is 3.98. The highest BCUT2D eigenvalue weighted by Gasteiger charge is 2.52. The minimum atomic E-state index is -1.16. The van der Waals surface area contributed by atoms with Crippen molar-refractivity contribution < 1.29 is 14.5 Å². The number of nitrogens with zero attached hydrogens (tertiary/aromatic N) is 5. The first kappa shape index (κ1) is 25.2. The van der Waals surface area contributed by atoms with E-state index in [2.05, 4.69) is 24.2 Å². The average molecular weight is 528 g/mol. The maximum absolute atomic E-state index is 12.8. The smallest absolute Gasteiger partial charge is 0.365 e. The molecule has 10 heteroatoms. The first-order valence-corrected chi connectivity index (χ1v) is 13.0. The molecule has 5 rings (SSSR count). The summed E-state index contributed by atoms with van der Waals surface area (Å²) in [6.45, 7) is 4.02. The molecule has 0 radical (unpaired) electrons. The molecule has 0 saturated carbocycles. The number of allylic oxidation sites excluding steroid dienone is 1. The van der Waals surface area contributed by atoms with E-state index in [4.69, 9.17) is 9.84 Å². The quantitative estimate of drug-likeness (QED) is 0.220. The lowest BCUT2D eigenvalue weighted by molar-refractivity contribution is -0.384. The van der Waals surface area contributed by atoms with Gasteiger partial charge >= 0.3 is 5.97 Å². The Labute approximate surface area is 224 Å². The number of esters is 1. The average Bonchev–Trinajstić information content (AvgIpc) is 3.34. The topological polar surface area (TPSA) is 101 Å². The summed E-state index contributed by atoms with van der Waals surface area (Å²) >= 11 is 1.17. The van der Waals surface area contributed by atoms with E-state index in [1.807, 2.05) is 54.6 Å². The number of anilines is 2. The number of para-hydroxylation sites is 1. The first-order chi connectivity index (χ1) is 18.4. The minimum Gasteiger partial charge on any atom is -0.461 e. The van der Waals surface area contributed by atoms with Crippen molar-refractivity contribution in [3.8, 4) is 0 Å². The normalized spacial score (nSPS) is 18.4. The third-order valence-corrected chi connectivity index (χ3v) is 7.33. The number of hydrazone groups is 2. The van der Waals surface area contributed by atoms with Crippen LogP contribution in [0, 0.1) is 10.1 Å². The number of aryl methyl sites for hydroxylation is 1. The predicted octanol–water partition coefficient (Wildman–Crippen LogP) is 5.72. The van der Waals surface area contributed by atoms with Crippen LogP contribution in [0.5, 0.6) is 0 Å². The summed E-state index contributed by atoms with van der Waals surface area (Å²) in [5.74, 6) is -0.573. The number of benzene rings is 3. The highest BCUT2D eigenvalue weighted by Crippen LogP contribution is 2.48. The fourth-order valence-corrected chi connectivity index (χ4v) is 5.36. The number of nitro groups is 1. The lowest BCUT2D eigenvalue weighted by Gasteiger charge is -2.43. The van der Waals surface area contributed by atoms with Gasteiger partial charge < -0.3 is 4.74 Å². The largest absolute Gasteiger partial charge is 0.461 e. The van der Waals surface area contributed by atoms with Crippen LogP contribution in [0.1, 0.15) is 25.0 Å². The van der Waals surface area contributed by atoms with Gasteiger partial charge in [-0.15, -0.1) is 0 Å². The summed E-state index contributed by atoms with van der Waals surface area (Å²) in [5, 5.41) is 24.7. The van der Waals surface area contributed by atoms with Crippen molar-refractivity contribution >= 4 is 45.5 Å². The maximum atomic E-state index is 12.8. The van der Waals surface area contributed by atoms with E-state index in [0.29, 0.717) is 5.69 Å². The number of carbonyl (C=O) groups excluding carboxylic acids is 1. The molecule has 1 spiro atoms. The van der Waals surface area contributed by atoms with Crippen LogP contribution in [0.4, 0.5) is 17.1 Å². The third-order valence-electron chi connectivity index (χ3n) is 6.10. The van der Waals surface area contributed by atoms with Crippen LogP contribution in [0.2, 0.25) is 0 Å². The van der Waals surface area contributed by atoms with Crippen molar-refractivity contribution in [1.29, 1.82) is 0 Å². The van der Waals surface area contributed by atoms with Crippen LogP contribution in [0.3, 0.4) is 0 Å². The van der Waals surface area contributed by atoms with Gasteiger partial charge in [-0.2, -0.15) is 10.2 Å². The Hall–Kier alpha value is -4.44. The zero-order valence-corrected chi connectivity index (χ0v) is 21.7. The summed E-state index contributed by atoms with van der Waals surface area (Å²) in [6.07, 6.45) is 4.74. The molecule has 9 nitrogen and oxygen atoms in total. The van der Waals surface area contributed by atoms with Crippen molar-refractivity contribution in [3.05, 3.63) is 112 Å². The highest BCUT2D eigenvalue weighted by atomic mass is 32.2. The van der Waals surface area contributed by atoms with Gasteiger partial charge in [0.2, 0.25) is 10.0 Å². The Morgan fingerprint density at radius 2 is 1.68 bits per heavy atom. The van der Waals surface area contributed by atoms with E-state index in [1.165, 1.54) is 29.5 Å². The van der Waals surface area contributed by atoms with Crippen LogP contribution in [0.25, 0.3) is 0 Å². The van der Waals surface area contributed by atoms with Gasteiger partial charge in [0.15, 0.2) is 0 Å². The van der Waals surface area contributed by atoms with Crippen LogP contribution >= 0.6 is 11.8 Å². The fraction of sp³-hybridized carbons (Fsp3) is 0.179. The molecule has 3 aromatic carbocycles. The molecule has 2 aliphatic rings. The molecule has 0 amide bonds. The lowest BCUT2D eigenvalue weighted by Crippen LogP contribution is -2.53. The second kappa shape index (κ2) is 10.5. The molecular formula is C28H25N5O4S. The number of thioether (sulfide) groups is 1. The third kappa shape index (κ3) is 4.66. The number of rotatable bonds is 7. The van der Waals surface area contributed by atoms with Crippen LogP contribution in [0.15, 0.2) is 101 Å². The Bertz CT molecular complexity index is 1460. The lowest BCUT2D eigenvalue weighted by atomic mass is 10.0. The molecule has 3 aromatic rings. The molecule has 0 bridgehead atoms. The first-order valence-electron chi connectivity index (χ1n) is 12.2. The summed E-state index contributed by atoms with van der Waals surface area (Å²) in [6, 6.07) is 23.9. The Balaban J connectivity index is 1.66. The van der Waals surface area contributed by atoms with Gasteiger partial charge in [-0.3, -0.25) is 10.1 Å². The van der Waals surface area contributed by atoms with E-state index in [0.717, 1.165) is 23.4 Å². The summed E-state index contributed by atoms with van der Waals surface area (Å²) in [4.78, 5) is 22.8. The zero-order chi connectivity index (χ0) is 26.7. The van der Waals surface area contributed by atoms with Crippen LogP contribution in [-0.2, 0) is 16.0 Å². The molecule has 0 aliphatic carbocycles. The van der Waals surface area contributed by atoms with E-state index in [-0.39, 0.29) is 17.3 Å². The van der Waals surface area contributed by atoms with E-state index >= 15 is 0 Å². The predicted molar refractivity (Wildman–Crippen MR) is 150 cm³/mol. The number of ether oxygens (including phenoxy) is 1. The van der Waals surface area contributed by atoms with Gasteiger partial charge in [-0.25, -0.2) is 14.8 Å². The van der Waals surface area contributed by atoms with E-state index in [1.54, 1.807) is 29.1 Å². The van der Waals surface area contributed by atoms with Gasteiger partial charge in [0.05, 0.1) is 28.6 Å². The van der Waals surface area contributed by atoms with Crippen LogP contribution in [-0.4, -0.2) is 33.2 Å². The zero-order valence-electron chi connectivity index (χ0n) is 20.9. The molecule has 38 heavy (non-hydrogen) atoms. The second-order valence-corrected chi connectivity index (χ2v) is 9.68. The van der Waals surface area contributed by atoms with E-state index in [9.17, 15) is 14.9 Å². The number of non-ortho nitro benzene ring substituents is 1. The number of nitro benzene ring substituents is 1. The van der Waals surface area contributed by atoms with Crippen molar-refractivity contribution in [2.24, 2.45) is 10.2 Å². The van der Waals surface area contributed by atoms with Crippen molar-refractivity contribution in [1.82, 2.24) is 0 Å². The van der Waals surface area contributed by atoms with Crippen LogP contribution < -0.4 is 10.0 Å². The molecule has 0 unspecified atom stereocenters. The van der Waals surface area contributed by atoms with Gasteiger partial charge in [-0.05, 0) is 61.0 Å². The SMILES string of the molecule is CCOC(=O)C1=NN(c2cccc([N+](=O)[O-])c2)[C@]2(C=CC(c3ccc(CC)cc3)=NN2c2ccccc2)S1. The highest BCUT2D eigenvalue weighted by molar-refractivity contribution is 8.17. The number of carbonyl (C=O) groups is 1. The molecule has 2 heterocycles.